The van der Waals surface area contributed by atoms with Crippen LogP contribution in [0.3, 0.4) is 0 Å². The summed E-state index contributed by atoms with van der Waals surface area (Å²) in [4.78, 5) is 15.7. The smallest absolute Gasteiger partial charge is 0.164 e. The Morgan fingerprint density at radius 1 is 0.234 bits per heavy atom. The number of para-hydroxylation sites is 3. The Balaban J connectivity index is 0.895. The number of hydrogen-bond acceptors (Lipinski definition) is 7. The van der Waals surface area contributed by atoms with Gasteiger partial charge in [-0.2, -0.15) is 0 Å². The van der Waals surface area contributed by atoms with Crippen LogP contribution in [-0.4, -0.2) is 15.0 Å². The zero-order chi connectivity index (χ0) is 41.9. The maximum atomic E-state index is 6.47. The van der Waals surface area contributed by atoms with E-state index in [4.69, 9.17) is 32.6 Å². The minimum Gasteiger partial charge on any atom is -0.456 e. The summed E-state index contributed by atoms with van der Waals surface area (Å²) in [6.07, 6.45) is 0. The average Bonchev–Trinajstić information content (AvgIpc) is 4.12. The van der Waals surface area contributed by atoms with Gasteiger partial charge in [0.25, 0.3) is 0 Å². The minimum atomic E-state index is 0.553. The SMILES string of the molecule is c1cc(-c2cccc(-c3nc(-c4cccc5oc6ccccc6c45)nc(-c4cccc5oc6ccccc6c45)n3)c2)cc(-c2ccc3c(c2)oc2cc4oc5ccccc5c4cc23)c1. The van der Waals surface area contributed by atoms with Crippen molar-refractivity contribution in [1.82, 2.24) is 15.0 Å². The van der Waals surface area contributed by atoms with Crippen LogP contribution in [0.1, 0.15) is 0 Å². The van der Waals surface area contributed by atoms with Crippen LogP contribution in [0.4, 0.5) is 0 Å². The van der Waals surface area contributed by atoms with Gasteiger partial charge in [0.2, 0.25) is 0 Å². The molecule has 0 unspecified atom stereocenters. The van der Waals surface area contributed by atoms with Crippen molar-refractivity contribution in [3.05, 3.63) is 188 Å². The molecule has 5 heterocycles. The van der Waals surface area contributed by atoms with Gasteiger partial charge in [-0.15, -0.1) is 0 Å². The molecule has 64 heavy (non-hydrogen) atoms. The number of fused-ring (bicyclic) bond motifs is 12. The molecule has 0 bridgehead atoms. The van der Waals surface area contributed by atoms with Gasteiger partial charge in [0.15, 0.2) is 17.5 Å². The molecule has 0 saturated carbocycles. The van der Waals surface area contributed by atoms with E-state index >= 15 is 0 Å². The quantitative estimate of drug-likeness (QED) is 0.171. The summed E-state index contributed by atoms with van der Waals surface area (Å²) in [5.41, 5.74) is 13.3. The number of rotatable bonds is 5. The van der Waals surface area contributed by atoms with Crippen LogP contribution in [0.5, 0.6) is 0 Å². The Bertz CT molecular complexity index is 4090. The van der Waals surface area contributed by atoms with Gasteiger partial charge in [-0.05, 0) is 82.9 Å². The van der Waals surface area contributed by atoms with Crippen LogP contribution in [0.2, 0.25) is 0 Å². The lowest BCUT2D eigenvalue weighted by molar-refractivity contribution is 0.656. The highest BCUT2D eigenvalue weighted by atomic mass is 16.3. The van der Waals surface area contributed by atoms with E-state index < -0.39 is 0 Å². The Hall–Kier alpha value is -8.81. The van der Waals surface area contributed by atoms with E-state index in [0.29, 0.717) is 17.5 Å². The predicted molar refractivity (Wildman–Crippen MR) is 256 cm³/mol. The third kappa shape index (κ3) is 5.31. The summed E-state index contributed by atoms with van der Waals surface area (Å²) in [6, 6.07) is 64.1. The molecule has 0 spiro atoms. The third-order valence-electron chi connectivity index (χ3n) is 12.5. The van der Waals surface area contributed by atoms with Crippen LogP contribution in [0.25, 0.3) is 144 Å². The van der Waals surface area contributed by atoms with Gasteiger partial charge in [-0.1, -0.05) is 121 Å². The lowest BCUT2D eigenvalue weighted by Gasteiger charge is -2.11. The van der Waals surface area contributed by atoms with Crippen molar-refractivity contribution in [1.29, 1.82) is 0 Å². The van der Waals surface area contributed by atoms with Crippen molar-refractivity contribution in [2.75, 3.05) is 0 Å². The molecule has 0 fully saturated rings. The first kappa shape index (κ1) is 34.9. The summed E-state index contributed by atoms with van der Waals surface area (Å²) in [7, 11) is 0. The second-order valence-corrected chi connectivity index (χ2v) is 16.3. The maximum Gasteiger partial charge on any atom is 0.164 e. The van der Waals surface area contributed by atoms with Crippen LogP contribution in [0.15, 0.2) is 206 Å². The van der Waals surface area contributed by atoms with Crippen LogP contribution in [0, 0.1) is 0 Å². The Morgan fingerprint density at radius 3 is 1.25 bits per heavy atom. The molecule has 14 rings (SSSR count). The molecule has 0 N–H and O–H groups in total. The van der Waals surface area contributed by atoms with Gasteiger partial charge >= 0.3 is 0 Å². The molecule has 7 nitrogen and oxygen atoms in total. The van der Waals surface area contributed by atoms with Crippen molar-refractivity contribution in [3.63, 3.8) is 0 Å². The molecule has 7 heteroatoms. The summed E-state index contributed by atoms with van der Waals surface area (Å²) in [6.45, 7) is 0. The van der Waals surface area contributed by atoms with Crippen molar-refractivity contribution in [2.24, 2.45) is 0 Å². The maximum absolute atomic E-state index is 6.47. The number of hydrogen-bond donors (Lipinski definition) is 0. The number of benzene rings is 9. The highest BCUT2D eigenvalue weighted by molar-refractivity contribution is 6.16. The van der Waals surface area contributed by atoms with E-state index in [9.17, 15) is 0 Å². The topological polar surface area (TPSA) is 91.2 Å². The third-order valence-corrected chi connectivity index (χ3v) is 12.5. The van der Waals surface area contributed by atoms with Crippen molar-refractivity contribution >= 4 is 87.8 Å². The second-order valence-electron chi connectivity index (χ2n) is 16.3. The first-order valence-electron chi connectivity index (χ1n) is 21.2. The molecule has 0 aliphatic rings. The van der Waals surface area contributed by atoms with Crippen molar-refractivity contribution in [3.8, 4) is 56.4 Å². The fraction of sp³-hybridized carbons (Fsp3) is 0. The molecular weight excluding hydrogens is 791 g/mol. The van der Waals surface area contributed by atoms with Gasteiger partial charge < -0.3 is 17.7 Å². The molecule has 0 aliphatic heterocycles. The molecule has 0 amide bonds. The molecule has 0 radical (unpaired) electrons. The van der Waals surface area contributed by atoms with Crippen LogP contribution in [-0.2, 0) is 0 Å². The molecule has 9 aromatic carbocycles. The highest BCUT2D eigenvalue weighted by Gasteiger charge is 2.21. The predicted octanol–water partition coefficient (Wildman–Crippen LogP) is 15.8. The Morgan fingerprint density at radius 2 is 0.641 bits per heavy atom. The standard InChI is InChI=1S/C57H31N3O4/c1-4-20-45-37(15-1)43-30-44-38-26-25-35(29-50(38)64-52(44)31-51(43)63-45)33-12-7-11-32(27-33)34-13-8-14-36(28-34)55-58-56(41-18-9-23-48-53(41)39-16-2-5-21-46(39)61-48)60-57(59-55)42-19-10-24-49-54(42)40-17-3-6-22-47(40)62-49/h1-31H. The highest BCUT2D eigenvalue weighted by Crippen LogP contribution is 2.41. The van der Waals surface area contributed by atoms with Crippen LogP contribution >= 0.6 is 0 Å². The lowest BCUT2D eigenvalue weighted by atomic mass is 9.97. The van der Waals surface area contributed by atoms with E-state index in [0.717, 1.165) is 127 Å². The Kier molecular flexibility index (Phi) is 7.27. The first-order valence-corrected chi connectivity index (χ1v) is 21.2. The molecule has 298 valence electrons. The van der Waals surface area contributed by atoms with Gasteiger partial charge in [0.05, 0.1) is 0 Å². The zero-order valence-electron chi connectivity index (χ0n) is 33.9. The van der Waals surface area contributed by atoms with E-state index in [1.807, 2.05) is 84.9 Å². The second kappa shape index (κ2) is 13.3. The number of nitrogens with zero attached hydrogens (tertiary/aromatic N) is 3. The zero-order valence-corrected chi connectivity index (χ0v) is 33.9. The molecule has 0 atom stereocenters. The fourth-order valence-electron chi connectivity index (χ4n) is 9.56. The molecule has 0 saturated heterocycles. The van der Waals surface area contributed by atoms with E-state index in [2.05, 4.69) is 103 Å². The van der Waals surface area contributed by atoms with Gasteiger partial charge in [0.1, 0.15) is 44.7 Å². The molecular formula is C57H31N3O4. The molecule has 14 aromatic rings. The summed E-state index contributed by atoms with van der Waals surface area (Å²) < 4.78 is 25.3. The first-order chi connectivity index (χ1) is 31.7. The Labute approximate surface area is 363 Å². The number of aromatic nitrogens is 3. The van der Waals surface area contributed by atoms with E-state index in [1.165, 1.54) is 0 Å². The largest absolute Gasteiger partial charge is 0.456 e. The lowest BCUT2D eigenvalue weighted by Crippen LogP contribution is -2.01. The van der Waals surface area contributed by atoms with Crippen molar-refractivity contribution in [2.45, 2.75) is 0 Å². The summed E-state index contributed by atoms with van der Waals surface area (Å²) in [5, 5.41) is 8.26. The number of furan rings is 4. The monoisotopic (exact) mass is 821 g/mol. The van der Waals surface area contributed by atoms with E-state index in [-0.39, 0.29) is 0 Å². The normalized spacial score (nSPS) is 12.1. The molecule has 5 aromatic heterocycles. The van der Waals surface area contributed by atoms with Gasteiger partial charge in [-0.3, -0.25) is 0 Å². The minimum absolute atomic E-state index is 0.553. The van der Waals surface area contributed by atoms with Crippen molar-refractivity contribution < 1.29 is 17.7 Å². The van der Waals surface area contributed by atoms with E-state index in [1.54, 1.807) is 0 Å². The van der Waals surface area contributed by atoms with Gasteiger partial charge in [0, 0.05) is 65.8 Å². The van der Waals surface area contributed by atoms with Gasteiger partial charge in [-0.25, -0.2) is 15.0 Å². The van der Waals surface area contributed by atoms with Crippen LogP contribution < -0.4 is 0 Å². The summed E-state index contributed by atoms with van der Waals surface area (Å²) >= 11 is 0. The fourth-order valence-corrected chi connectivity index (χ4v) is 9.56. The average molecular weight is 822 g/mol. The summed E-state index contributed by atoms with van der Waals surface area (Å²) in [5.74, 6) is 1.66. The molecule has 0 aliphatic carbocycles.